The van der Waals surface area contributed by atoms with Crippen molar-refractivity contribution in [2.75, 3.05) is 0 Å². The monoisotopic (exact) mass is 370 g/mol. The van der Waals surface area contributed by atoms with Gasteiger partial charge < -0.3 is 9.73 Å². The molecule has 0 saturated heterocycles. The van der Waals surface area contributed by atoms with E-state index in [2.05, 4.69) is 43.4 Å². The zero-order chi connectivity index (χ0) is 19.5. The van der Waals surface area contributed by atoms with Gasteiger partial charge in [-0.15, -0.1) is 0 Å². The van der Waals surface area contributed by atoms with Crippen molar-refractivity contribution in [2.45, 2.75) is 26.3 Å². The van der Waals surface area contributed by atoms with Gasteiger partial charge in [-0.25, -0.2) is 4.98 Å². The standard InChI is InChI=1S/C24H22N2O2/c1-16(2)17-9-11-18(12-10-17)23-14-21(20-7-3-4-8-22(20)26-23)24(27)25-15-19-6-5-13-28-19/h3-14,16H,15H2,1-2H3,(H,25,27). The molecule has 1 amide bonds. The van der Waals surface area contributed by atoms with Crippen molar-refractivity contribution in [3.63, 3.8) is 0 Å². The number of benzene rings is 2. The molecule has 2 aromatic heterocycles. The zero-order valence-electron chi connectivity index (χ0n) is 16.0. The van der Waals surface area contributed by atoms with E-state index in [4.69, 9.17) is 9.40 Å². The van der Waals surface area contributed by atoms with Crippen molar-refractivity contribution < 1.29 is 9.21 Å². The van der Waals surface area contributed by atoms with Gasteiger partial charge in [-0.3, -0.25) is 4.79 Å². The molecule has 4 rings (SSSR count). The number of carbonyl (C=O) groups is 1. The van der Waals surface area contributed by atoms with E-state index >= 15 is 0 Å². The van der Waals surface area contributed by atoms with E-state index in [9.17, 15) is 4.79 Å². The maximum Gasteiger partial charge on any atom is 0.252 e. The number of hydrogen-bond acceptors (Lipinski definition) is 3. The molecule has 1 N–H and O–H groups in total. The van der Waals surface area contributed by atoms with Crippen LogP contribution in [0.15, 0.2) is 77.4 Å². The van der Waals surface area contributed by atoms with Gasteiger partial charge >= 0.3 is 0 Å². The number of pyridine rings is 1. The Morgan fingerprint density at radius 1 is 1.04 bits per heavy atom. The van der Waals surface area contributed by atoms with Gasteiger partial charge in [0.1, 0.15) is 5.76 Å². The van der Waals surface area contributed by atoms with Crippen LogP contribution in [0.1, 0.15) is 41.4 Å². The van der Waals surface area contributed by atoms with Gasteiger partial charge in [-0.05, 0) is 35.7 Å². The van der Waals surface area contributed by atoms with Crippen molar-refractivity contribution in [1.82, 2.24) is 10.3 Å². The first-order valence-corrected chi connectivity index (χ1v) is 9.42. The molecule has 0 bridgehead atoms. The largest absolute Gasteiger partial charge is 0.467 e. The Hall–Kier alpha value is -3.40. The van der Waals surface area contributed by atoms with Crippen molar-refractivity contribution >= 4 is 16.8 Å². The van der Waals surface area contributed by atoms with Crippen LogP contribution in [-0.2, 0) is 6.54 Å². The number of amides is 1. The molecule has 4 nitrogen and oxygen atoms in total. The van der Waals surface area contributed by atoms with Crippen molar-refractivity contribution in [3.8, 4) is 11.3 Å². The molecule has 0 unspecified atom stereocenters. The average molecular weight is 370 g/mol. The Kier molecular flexibility index (Phi) is 4.94. The zero-order valence-corrected chi connectivity index (χ0v) is 16.0. The Morgan fingerprint density at radius 2 is 1.82 bits per heavy atom. The predicted octanol–water partition coefficient (Wildman–Crippen LogP) is 5.55. The molecule has 0 aliphatic rings. The Morgan fingerprint density at radius 3 is 2.54 bits per heavy atom. The number of para-hydroxylation sites is 1. The summed E-state index contributed by atoms with van der Waals surface area (Å²) in [7, 11) is 0. The third kappa shape index (κ3) is 3.67. The molecule has 0 atom stereocenters. The average Bonchev–Trinajstić information content (AvgIpc) is 3.25. The highest BCUT2D eigenvalue weighted by molar-refractivity contribution is 6.07. The summed E-state index contributed by atoms with van der Waals surface area (Å²) in [6.07, 6.45) is 1.60. The summed E-state index contributed by atoms with van der Waals surface area (Å²) in [5.41, 5.74) is 4.48. The fraction of sp³-hybridized carbons (Fsp3) is 0.167. The number of aromatic nitrogens is 1. The van der Waals surface area contributed by atoms with Gasteiger partial charge in [0.05, 0.1) is 29.6 Å². The molecule has 0 spiro atoms. The second kappa shape index (κ2) is 7.69. The highest BCUT2D eigenvalue weighted by atomic mass is 16.3. The summed E-state index contributed by atoms with van der Waals surface area (Å²) in [4.78, 5) is 17.7. The number of furan rings is 1. The molecule has 4 heteroatoms. The first-order chi connectivity index (χ1) is 13.6. The van der Waals surface area contributed by atoms with Gasteiger partial charge in [-0.1, -0.05) is 56.3 Å². The lowest BCUT2D eigenvalue weighted by Crippen LogP contribution is -2.23. The van der Waals surface area contributed by atoms with Gasteiger partial charge in [0, 0.05) is 10.9 Å². The summed E-state index contributed by atoms with van der Waals surface area (Å²) < 4.78 is 5.30. The van der Waals surface area contributed by atoms with Crippen LogP contribution in [0.3, 0.4) is 0 Å². The lowest BCUT2D eigenvalue weighted by Gasteiger charge is -2.11. The smallest absolute Gasteiger partial charge is 0.252 e. The number of hydrogen-bond donors (Lipinski definition) is 1. The summed E-state index contributed by atoms with van der Waals surface area (Å²) in [6, 6.07) is 21.6. The fourth-order valence-corrected chi connectivity index (χ4v) is 3.23. The minimum absolute atomic E-state index is 0.143. The highest BCUT2D eigenvalue weighted by Gasteiger charge is 2.14. The van der Waals surface area contributed by atoms with Crippen LogP contribution in [0.2, 0.25) is 0 Å². The molecular formula is C24H22N2O2. The van der Waals surface area contributed by atoms with E-state index < -0.39 is 0 Å². The lowest BCUT2D eigenvalue weighted by molar-refractivity contribution is 0.0949. The van der Waals surface area contributed by atoms with E-state index in [0.717, 1.165) is 27.9 Å². The molecule has 140 valence electrons. The maximum atomic E-state index is 12.9. The van der Waals surface area contributed by atoms with E-state index in [0.29, 0.717) is 18.0 Å². The van der Waals surface area contributed by atoms with E-state index in [1.165, 1.54) is 5.56 Å². The van der Waals surface area contributed by atoms with Gasteiger partial charge in [0.25, 0.3) is 5.91 Å². The molecule has 0 saturated carbocycles. The van der Waals surface area contributed by atoms with Crippen LogP contribution in [0.25, 0.3) is 22.2 Å². The minimum Gasteiger partial charge on any atom is -0.467 e. The Labute approximate surface area is 164 Å². The van der Waals surface area contributed by atoms with Crippen molar-refractivity contribution in [2.24, 2.45) is 0 Å². The van der Waals surface area contributed by atoms with Crippen molar-refractivity contribution in [1.29, 1.82) is 0 Å². The normalized spacial score (nSPS) is 11.1. The minimum atomic E-state index is -0.143. The number of carbonyl (C=O) groups excluding carboxylic acids is 1. The fourth-order valence-electron chi connectivity index (χ4n) is 3.23. The summed E-state index contributed by atoms with van der Waals surface area (Å²) in [5.74, 6) is 1.05. The number of rotatable bonds is 5. The van der Waals surface area contributed by atoms with Gasteiger partial charge in [0.2, 0.25) is 0 Å². The number of nitrogens with zero attached hydrogens (tertiary/aromatic N) is 1. The van der Waals surface area contributed by atoms with E-state index in [-0.39, 0.29) is 5.91 Å². The van der Waals surface area contributed by atoms with Gasteiger partial charge in [-0.2, -0.15) is 0 Å². The van der Waals surface area contributed by atoms with Gasteiger partial charge in [0.15, 0.2) is 0 Å². The van der Waals surface area contributed by atoms with E-state index in [1.54, 1.807) is 6.26 Å². The van der Waals surface area contributed by atoms with Crippen LogP contribution >= 0.6 is 0 Å². The van der Waals surface area contributed by atoms with Crippen LogP contribution in [-0.4, -0.2) is 10.9 Å². The molecule has 0 aliphatic heterocycles. The first kappa shape index (κ1) is 18.0. The molecular weight excluding hydrogens is 348 g/mol. The topological polar surface area (TPSA) is 55.1 Å². The van der Waals surface area contributed by atoms with Crippen LogP contribution < -0.4 is 5.32 Å². The molecule has 2 heterocycles. The SMILES string of the molecule is CC(C)c1ccc(-c2cc(C(=O)NCc3ccco3)c3ccccc3n2)cc1. The number of nitrogens with one attached hydrogen (secondary N) is 1. The third-order valence-corrected chi connectivity index (χ3v) is 4.84. The third-order valence-electron chi connectivity index (χ3n) is 4.84. The second-order valence-electron chi connectivity index (χ2n) is 7.11. The number of fused-ring (bicyclic) bond motifs is 1. The van der Waals surface area contributed by atoms with Crippen LogP contribution in [0, 0.1) is 0 Å². The van der Waals surface area contributed by atoms with Crippen molar-refractivity contribution in [3.05, 3.63) is 89.9 Å². The Balaban J connectivity index is 1.71. The summed E-state index contributed by atoms with van der Waals surface area (Å²) in [6.45, 7) is 4.69. The summed E-state index contributed by atoms with van der Waals surface area (Å²) >= 11 is 0. The first-order valence-electron chi connectivity index (χ1n) is 9.42. The van der Waals surface area contributed by atoms with Crippen LogP contribution in [0.5, 0.6) is 0 Å². The molecule has 28 heavy (non-hydrogen) atoms. The molecule has 4 aromatic rings. The quantitative estimate of drug-likeness (QED) is 0.501. The Bertz CT molecular complexity index is 1100. The molecule has 0 fully saturated rings. The molecule has 0 radical (unpaired) electrons. The summed E-state index contributed by atoms with van der Waals surface area (Å²) in [5, 5.41) is 3.77. The lowest BCUT2D eigenvalue weighted by atomic mass is 9.99. The maximum absolute atomic E-state index is 12.9. The highest BCUT2D eigenvalue weighted by Crippen LogP contribution is 2.26. The van der Waals surface area contributed by atoms with E-state index in [1.807, 2.05) is 42.5 Å². The van der Waals surface area contributed by atoms with Crippen LogP contribution in [0.4, 0.5) is 0 Å². The molecule has 0 aliphatic carbocycles. The second-order valence-corrected chi connectivity index (χ2v) is 7.11. The predicted molar refractivity (Wildman–Crippen MR) is 111 cm³/mol. The molecule has 2 aromatic carbocycles.